The highest BCUT2D eigenvalue weighted by atomic mass is 15.1. The first-order chi connectivity index (χ1) is 29.5. The van der Waals surface area contributed by atoms with Crippen LogP contribution in [0.4, 0.5) is 17.1 Å². The van der Waals surface area contributed by atoms with Crippen LogP contribution in [-0.2, 0) is 5.41 Å². The highest BCUT2D eigenvalue weighted by Crippen LogP contribution is 2.53. The van der Waals surface area contributed by atoms with Gasteiger partial charge in [-0.2, -0.15) is 0 Å². The van der Waals surface area contributed by atoms with Gasteiger partial charge in [-0.1, -0.05) is 202 Å². The zero-order chi connectivity index (χ0) is 40.2. The molecule has 0 bridgehead atoms. The second-order valence-electron chi connectivity index (χ2n) is 16.5. The molecule has 0 unspecified atom stereocenters. The van der Waals surface area contributed by atoms with E-state index in [2.05, 4.69) is 243 Å². The zero-order valence-corrected chi connectivity index (χ0v) is 33.8. The van der Waals surface area contributed by atoms with E-state index in [1.54, 1.807) is 0 Å². The molecule has 1 aliphatic carbocycles. The molecule has 0 aliphatic heterocycles. The fraction of sp³-hybridized carbons (Fsp3) is 0.0508. The van der Waals surface area contributed by atoms with Crippen LogP contribution in [0.2, 0.25) is 0 Å². The summed E-state index contributed by atoms with van der Waals surface area (Å²) in [6.45, 7) is 4.74. The number of nitrogens with zero attached hydrogens (tertiary/aromatic N) is 1. The van der Waals surface area contributed by atoms with Crippen molar-refractivity contribution in [3.05, 3.63) is 236 Å². The van der Waals surface area contributed by atoms with Crippen LogP contribution in [0.25, 0.3) is 77.2 Å². The first-order valence-corrected chi connectivity index (χ1v) is 20.9. The molecule has 0 aromatic heterocycles. The van der Waals surface area contributed by atoms with Gasteiger partial charge in [-0.3, -0.25) is 0 Å². The maximum absolute atomic E-state index is 2.50. The minimum absolute atomic E-state index is 0.153. The van der Waals surface area contributed by atoms with E-state index in [1.165, 1.54) is 88.3 Å². The van der Waals surface area contributed by atoms with Gasteiger partial charge in [-0.15, -0.1) is 0 Å². The Labute approximate surface area is 352 Å². The molecule has 0 radical (unpaired) electrons. The number of benzene rings is 10. The zero-order valence-electron chi connectivity index (χ0n) is 33.8. The van der Waals surface area contributed by atoms with Crippen LogP contribution >= 0.6 is 0 Å². The SMILES string of the molecule is CC1(C)c2ccccc2-c2ccc(N(c3ccc(-c4ccccc4)cc3)c3cccc(-c4cc5ccccc5c5ccccc45)c3-c3ccccc3-c3ccccc3)cc21. The highest BCUT2D eigenvalue weighted by Gasteiger charge is 2.36. The molecule has 0 atom stereocenters. The number of hydrogen-bond donors (Lipinski definition) is 0. The summed E-state index contributed by atoms with van der Waals surface area (Å²) in [6, 6.07) is 82.6. The molecule has 0 amide bonds. The quantitative estimate of drug-likeness (QED) is 0.146. The van der Waals surface area contributed by atoms with Gasteiger partial charge in [0.1, 0.15) is 0 Å². The molecule has 10 aromatic rings. The lowest BCUT2D eigenvalue weighted by Crippen LogP contribution is -2.17. The Hall–Kier alpha value is -7.48. The fourth-order valence-corrected chi connectivity index (χ4v) is 9.77. The van der Waals surface area contributed by atoms with Gasteiger partial charge in [0.2, 0.25) is 0 Å². The summed E-state index contributed by atoms with van der Waals surface area (Å²) in [6.07, 6.45) is 0. The Kier molecular flexibility index (Phi) is 8.57. The van der Waals surface area contributed by atoms with Crippen LogP contribution in [0.5, 0.6) is 0 Å². The molecule has 0 spiro atoms. The molecule has 0 saturated carbocycles. The average molecular weight is 766 g/mol. The Morgan fingerprint density at radius 2 is 0.867 bits per heavy atom. The van der Waals surface area contributed by atoms with Gasteiger partial charge in [0.15, 0.2) is 0 Å². The van der Waals surface area contributed by atoms with E-state index in [0.29, 0.717) is 0 Å². The maximum Gasteiger partial charge on any atom is 0.0546 e. The molecule has 10 aromatic carbocycles. The monoisotopic (exact) mass is 765 g/mol. The second kappa shape index (κ2) is 14.4. The number of anilines is 3. The molecular formula is C59H43N. The summed E-state index contributed by atoms with van der Waals surface area (Å²) in [5.41, 5.74) is 18.1. The Bertz CT molecular complexity index is 3210. The van der Waals surface area contributed by atoms with Gasteiger partial charge in [-0.25, -0.2) is 0 Å². The number of hydrogen-bond acceptors (Lipinski definition) is 1. The summed E-state index contributed by atoms with van der Waals surface area (Å²) in [5.74, 6) is 0. The number of rotatable bonds is 7. The normalized spacial score (nSPS) is 12.6. The van der Waals surface area contributed by atoms with E-state index in [9.17, 15) is 0 Å². The van der Waals surface area contributed by atoms with Crippen LogP contribution in [0.15, 0.2) is 224 Å². The predicted molar refractivity (Wildman–Crippen MR) is 255 cm³/mol. The van der Waals surface area contributed by atoms with Gasteiger partial charge in [0, 0.05) is 22.4 Å². The third-order valence-electron chi connectivity index (χ3n) is 12.7. The third-order valence-corrected chi connectivity index (χ3v) is 12.7. The van der Waals surface area contributed by atoms with Crippen molar-refractivity contribution < 1.29 is 0 Å². The number of fused-ring (bicyclic) bond motifs is 6. The molecule has 0 fully saturated rings. The lowest BCUT2D eigenvalue weighted by atomic mass is 9.82. The van der Waals surface area contributed by atoms with Crippen LogP contribution in [0, 0.1) is 0 Å². The minimum Gasteiger partial charge on any atom is -0.310 e. The Balaban J connectivity index is 1.22. The summed E-state index contributed by atoms with van der Waals surface area (Å²) in [5, 5.41) is 4.99. The predicted octanol–water partition coefficient (Wildman–Crippen LogP) is 16.4. The average Bonchev–Trinajstić information content (AvgIpc) is 3.54. The van der Waals surface area contributed by atoms with Crippen molar-refractivity contribution in [2.75, 3.05) is 4.90 Å². The molecule has 0 heterocycles. The maximum atomic E-state index is 2.50. The van der Waals surface area contributed by atoms with Crippen LogP contribution in [0.1, 0.15) is 25.0 Å². The van der Waals surface area contributed by atoms with Gasteiger partial charge >= 0.3 is 0 Å². The Morgan fingerprint density at radius 3 is 1.63 bits per heavy atom. The molecule has 1 heteroatoms. The van der Waals surface area contributed by atoms with E-state index in [1.807, 2.05) is 0 Å². The standard InChI is InChI=1S/C59H43N/c1-59(2)55-30-16-15-27-50(55)51-37-36-45(39-56(51)59)60(44-34-32-41(33-35-44)40-18-5-3-6-19-40)57-31-17-29-53(58(57)52-28-14-11-23-46(52)42-20-7-4-8-21-42)54-38-43-22-9-10-24-47(43)48-25-12-13-26-49(48)54/h3-39H,1-2H3. The lowest BCUT2D eigenvalue weighted by Gasteiger charge is -2.31. The van der Waals surface area contributed by atoms with Crippen molar-refractivity contribution in [2.45, 2.75) is 19.3 Å². The smallest absolute Gasteiger partial charge is 0.0546 e. The van der Waals surface area contributed by atoms with E-state index in [4.69, 9.17) is 0 Å². The Morgan fingerprint density at radius 1 is 0.317 bits per heavy atom. The molecule has 60 heavy (non-hydrogen) atoms. The summed E-state index contributed by atoms with van der Waals surface area (Å²) in [4.78, 5) is 2.50. The van der Waals surface area contributed by atoms with Gasteiger partial charge < -0.3 is 4.90 Å². The van der Waals surface area contributed by atoms with Crippen molar-refractivity contribution in [3.8, 4) is 55.6 Å². The second-order valence-corrected chi connectivity index (χ2v) is 16.5. The van der Waals surface area contributed by atoms with Crippen molar-refractivity contribution in [3.63, 3.8) is 0 Å². The first-order valence-electron chi connectivity index (χ1n) is 20.9. The minimum atomic E-state index is -0.153. The van der Waals surface area contributed by atoms with Crippen LogP contribution in [-0.4, -0.2) is 0 Å². The molecule has 284 valence electrons. The van der Waals surface area contributed by atoms with E-state index < -0.39 is 0 Å². The fourth-order valence-electron chi connectivity index (χ4n) is 9.77. The third kappa shape index (κ3) is 5.85. The van der Waals surface area contributed by atoms with E-state index in [-0.39, 0.29) is 5.41 Å². The molecular weight excluding hydrogens is 723 g/mol. The van der Waals surface area contributed by atoms with Crippen molar-refractivity contribution in [1.82, 2.24) is 0 Å². The van der Waals surface area contributed by atoms with Crippen LogP contribution in [0.3, 0.4) is 0 Å². The lowest BCUT2D eigenvalue weighted by molar-refractivity contribution is 0.660. The first kappa shape index (κ1) is 35.7. The van der Waals surface area contributed by atoms with E-state index in [0.717, 1.165) is 17.1 Å². The summed E-state index contributed by atoms with van der Waals surface area (Å²) >= 11 is 0. The molecule has 0 saturated heterocycles. The highest BCUT2D eigenvalue weighted by molar-refractivity contribution is 6.16. The van der Waals surface area contributed by atoms with Crippen LogP contribution < -0.4 is 4.90 Å². The van der Waals surface area contributed by atoms with Crippen molar-refractivity contribution in [2.24, 2.45) is 0 Å². The molecule has 1 nitrogen and oxygen atoms in total. The van der Waals surface area contributed by atoms with Crippen molar-refractivity contribution in [1.29, 1.82) is 0 Å². The topological polar surface area (TPSA) is 3.24 Å². The molecule has 0 N–H and O–H groups in total. The van der Waals surface area contributed by atoms with Gasteiger partial charge in [0.25, 0.3) is 0 Å². The van der Waals surface area contributed by atoms with Gasteiger partial charge in [0.05, 0.1) is 5.69 Å². The summed E-state index contributed by atoms with van der Waals surface area (Å²) < 4.78 is 0. The van der Waals surface area contributed by atoms with Gasteiger partial charge in [-0.05, 0) is 119 Å². The molecule has 1 aliphatic rings. The molecule has 11 rings (SSSR count). The largest absolute Gasteiger partial charge is 0.310 e. The van der Waals surface area contributed by atoms with E-state index >= 15 is 0 Å². The van der Waals surface area contributed by atoms with Crippen molar-refractivity contribution >= 4 is 38.6 Å². The summed E-state index contributed by atoms with van der Waals surface area (Å²) in [7, 11) is 0.